The minimum Gasteiger partial charge on any atom is -0.380 e. The van der Waals surface area contributed by atoms with Gasteiger partial charge in [0, 0.05) is 38.6 Å². The van der Waals surface area contributed by atoms with Gasteiger partial charge in [-0.15, -0.1) is 0 Å². The Kier molecular flexibility index (Phi) is 5.74. The Morgan fingerprint density at radius 3 is 2.69 bits per heavy atom. The minimum atomic E-state index is 0.411. The molecule has 2 N–H and O–H groups in total. The van der Waals surface area contributed by atoms with E-state index in [9.17, 15) is 0 Å². The van der Waals surface area contributed by atoms with Crippen molar-refractivity contribution in [1.82, 2.24) is 9.97 Å². The van der Waals surface area contributed by atoms with E-state index in [1.807, 2.05) is 6.92 Å². The highest BCUT2D eigenvalue weighted by atomic mass is 16.5. The van der Waals surface area contributed by atoms with Crippen molar-refractivity contribution in [2.24, 2.45) is 5.73 Å². The van der Waals surface area contributed by atoms with Crippen LogP contribution in [0.5, 0.6) is 0 Å². The SMILES string of the molecule is CCOCCN(CC)c1nccnc1CN. The lowest BCUT2D eigenvalue weighted by Crippen LogP contribution is -2.29. The number of nitrogens with two attached hydrogens (primary N) is 1. The number of aromatic nitrogens is 2. The van der Waals surface area contributed by atoms with Crippen LogP contribution in [0, 0.1) is 0 Å². The summed E-state index contributed by atoms with van der Waals surface area (Å²) in [6.45, 7) is 7.61. The number of ether oxygens (including phenoxy) is 1. The molecule has 0 saturated heterocycles. The van der Waals surface area contributed by atoms with E-state index in [0.29, 0.717) is 13.2 Å². The summed E-state index contributed by atoms with van der Waals surface area (Å²) in [5.74, 6) is 0.868. The van der Waals surface area contributed by atoms with Crippen LogP contribution in [0.3, 0.4) is 0 Å². The van der Waals surface area contributed by atoms with Crippen LogP contribution in [0.15, 0.2) is 12.4 Å². The quantitative estimate of drug-likeness (QED) is 0.694. The van der Waals surface area contributed by atoms with Crippen LogP contribution < -0.4 is 10.6 Å². The fraction of sp³-hybridized carbons (Fsp3) is 0.636. The van der Waals surface area contributed by atoms with Crippen molar-refractivity contribution in [2.75, 3.05) is 31.2 Å². The monoisotopic (exact) mass is 224 g/mol. The smallest absolute Gasteiger partial charge is 0.151 e. The van der Waals surface area contributed by atoms with E-state index >= 15 is 0 Å². The molecule has 0 bridgehead atoms. The molecule has 0 fully saturated rings. The fourth-order valence-electron chi connectivity index (χ4n) is 1.50. The molecule has 0 aromatic carbocycles. The van der Waals surface area contributed by atoms with Gasteiger partial charge in [-0.1, -0.05) is 0 Å². The number of hydrogen-bond acceptors (Lipinski definition) is 5. The Labute approximate surface area is 96.6 Å². The molecule has 0 aliphatic heterocycles. The maximum Gasteiger partial charge on any atom is 0.151 e. The summed E-state index contributed by atoms with van der Waals surface area (Å²) in [6.07, 6.45) is 3.36. The van der Waals surface area contributed by atoms with Gasteiger partial charge in [-0.25, -0.2) is 4.98 Å². The van der Waals surface area contributed by atoms with Gasteiger partial charge in [0.25, 0.3) is 0 Å². The first-order valence-corrected chi connectivity index (χ1v) is 5.66. The standard InChI is InChI=1S/C11H20N4O/c1-3-15(7-8-16-4-2)11-10(9-12)13-5-6-14-11/h5-6H,3-4,7-9,12H2,1-2H3. The van der Waals surface area contributed by atoms with Crippen LogP contribution in [0.4, 0.5) is 5.82 Å². The molecule has 0 saturated carbocycles. The highest BCUT2D eigenvalue weighted by Crippen LogP contribution is 2.13. The zero-order valence-corrected chi connectivity index (χ0v) is 10.0. The molecule has 0 aliphatic rings. The van der Waals surface area contributed by atoms with E-state index in [0.717, 1.165) is 31.2 Å². The van der Waals surface area contributed by atoms with Crippen LogP contribution in [-0.2, 0) is 11.3 Å². The third kappa shape index (κ3) is 3.43. The van der Waals surface area contributed by atoms with E-state index in [4.69, 9.17) is 10.5 Å². The Morgan fingerprint density at radius 1 is 1.31 bits per heavy atom. The number of nitrogens with zero attached hydrogens (tertiary/aromatic N) is 3. The summed E-state index contributed by atoms with van der Waals surface area (Å²) in [5, 5.41) is 0. The molecule has 0 aliphatic carbocycles. The number of likely N-dealkylation sites (N-methyl/N-ethyl adjacent to an activating group) is 1. The van der Waals surface area contributed by atoms with Crippen LogP contribution in [0.2, 0.25) is 0 Å². The lowest BCUT2D eigenvalue weighted by Gasteiger charge is -2.23. The topological polar surface area (TPSA) is 64.3 Å². The highest BCUT2D eigenvalue weighted by molar-refractivity contribution is 5.42. The van der Waals surface area contributed by atoms with Crippen LogP contribution in [0.1, 0.15) is 19.5 Å². The van der Waals surface area contributed by atoms with Crippen molar-refractivity contribution in [3.63, 3.8) is 0 Å². The molecule has 0 radical (unpaired) electrons. The van der Waals surface area contributed by atoms with Gasteiger partial charge in [-0.2, -0.15) is 0 Å². The molecule has 16 heavy (non-hydrogen) atoms. The Balaban J connectivity index is 2.69. The maximum atomic E-state index is 5.64. The Bertz CT molecular complexity index is 306. The first-order chi connectivity index (χ1) is 7.83. The summed E-state index contributed by atoms with van der Waals surface area (Å²) >= 11 is 0. The normalized spacial score (nSPS) is 10.4. The minimum absolute atomic E-state index is 0.411. The molecule has 1 aromatic heterocycles. The Morgan fingerprint density at radius 2 is 2.06 bits per heavy atom. The van der Waals surface area contributed by atoms with Gasteiger partial charge < -0.3 is 15.4 Å². The predicted octanol–water partition coefficient (Wildman–Crippen LogP) is 0.798. The summed E-state index contributed by atoms with van der Waals surface area (Å²) < 4.78 is 5.34. The van der Waals surface area contributed by atoms with Gasteiger partial charge >= 0.3 is 0 Å². The first kappa shape index (κ1) is 12.9. The average Bonchev–Trinajstić information content (AvgIpc) is 2.35. The average molecular weight is 224 g/mol. The van der Waals surface area contributed by atoms with Crippen molar-refractivity contribution in [3.8, 4) is 0 Å². The van der Waals surface area contributed by atoms with E-state index < -0.39 is 0 Å². The zero-order chi connectivity index (χ0) is 11.8. The molecule has 90 valence electrons. The predicted molar refractivity (Wildman–Crippen MR) is 64.3 cm³/mol. The number of anilines is 1. The third-order valence-corrected chi connectivity index (χ3v) is 2.34. The lowest BCUT2D eigenvalue weighted by atomic mass is 10.3. The van der Waals surface area contributed by atoms with Crippen LogP contribution >= 0.6 is 0 Å². The van der Waals surface area contributed by atoms with Crippen molar-refractivity contribution in [3.05, 3.63) is 18.1 Å². The van der Waals surface area contributed by atoms with Gasteiger partial charge in [-0.05, 0) is 13.8 Å². The summed E-state index contributed by atoms with van der Waals surface area (Å²) in [7, 11) is 0. The molecule has 5 nitrogen and oxygen atoms in total. The zero-order valence-electron chi connectivity index (χ0n) is 10.0. The molecule has 0 unspecified atom stereocenters. The maximum absolute atomic E-state index is 5.64. The number of rotatable bonds is 7. The molecule has 1 rings (SSSR count). The molecule has 0 atom stereocenters. The molecule has 1 heterocycles. The summed E-state index contributed by atoms with van der Waals surface area (Å²) in [4.78, 5) is 10.7. The lowest BCUT2D eigenvalue weighted by molar-refractivity contribution is 0.154. The molecule has 1 aromatic rings. The van der Waals surface area contributed by atoms with Gasteiger partial charge in [0.1, 0.15) is 0 Å². The molecule has 0 amide bonds. The molecular formula is C11H20N4O. The van der Waals surface area contributed by atoms with Crippen LogP contribution in [0.25, 0.3) is 0 Å². The van der Waals surface area contributed by atoms with E-state index in [2.05, 4.69) is 21.8 Å². The Hall–Kier alpha value is -1.20. The van der Waals surface area contributed by atoms with Crippen molar-refractivity contribution in [2.45, 2.75) is 20.4 Å². The van der Waals surface area contributed by atoms with E-state index in [-0.39, 0.29) is 0 Å². The van der Waals surface area contributed by atoms with E-state index in [1.165, 1.54) is 0 Å². The summed E-state index contributed by atoms with van der Waals surface area (Å²) in [6, 6.07) is 0. The van der Waals surface area contributed by atoms with Crippen molar-refractivity contribution in [1.29, 1.82) is 0 Å². The van der Waals surface area contributed by atoms with Crippen molar-refractivity contribution < 1.29 is 4.74 Å². The first-order valence-electron chi connectivity index (χ1n) is 5.66. The third-order valence-electron chi connectivity index (χ3n) is 2.34. The second-order valence-electron chi connectivity index (χ2n) is 3.31. The largest absolute Gasteiger partial charge is 0.380 e. The van der Waals surface area contributed by atoms with E-state index in [1.54, 1.807) is 12.4 Å². The van der Waals surface area contributed by atoms with Crippen LogP contribution in [-0.4, -0.2) is 36.3 Å². The highest BCUT2D eigenvalue weighted by Gasteiger charge is 2.10. The van der Waals surface area contributed by atoms with Gasteiger partial charge in [0.15, 0.2) is 5.82 Å². The second kappa shape index (κ2) is 7.14. The molecular weight excluding hydrogens is 204 g/mol. The van der Waals surface area contributed by atoms with Crippen molar-refractivity contribution >= 4 is 5.82 Å². The van der Waals surface area contributed by atoms with Gasteiger partial charge in [0.2, 0.25) is 0 Å². The summed E-state index contributed by atoms with van der Waals surface area (Å²) in [5.41, 5.74) is 6.47. The van der Waals surface area contributed by atoms with Gasteiger partial charge in [0.05, 0.1) is 12.3 Å². The molecule has 0 spiro atoms. The number of hydrogen-bond donors (Lipinski definition) is 1. The fourth-order valence-corrected chi connectivity index (χ4v) is 1.50. The second-order valence-corrected chi connectivity index (χ2v) is 3.31. The molecule has 5 heteroatoms. The van der Waals surface area contributed by atoms with Gasteiger partial charge in [-0.3, -0.25) is 4.98 Å².